The largest absolute Gasteiger partial charge is 0.458 e. The number of ether oxygens (including phenoxy) is 6. The van der Waals surface area contributed by atoms with Crippen LogP contribution in [-0.4, -0.2) is 100 Å². The van der Waals surface area contributed by atoms with E-state index in [9.17, 15) is 19.2 Å². The molecule has 3 atom stereocenters. The molecule has 0 aliphatic heterocycles. The predicted molar refractivity (Wildman–Crippen MR) is 201 cm³/mol. The van der Waals surface area contributed by atoms with E-state index in [0.29, 0.717) is 13.2 Å². The third-order valence-electron chi connectivity index (χ3n) is 7.29. The fraction of sp³-hybridized carbons (Fsp3) is 0.657. The molecular formula is C35H62O12Si3. The summed E-state index contributed by atoms with van der Waals surface area (Å²) in [4.78, 5) is 46.6. The fourth-order valence-electron chi connectivity index (χ4n) is 5.02. The Morgan fingerprint density at radius 1 is 0.640 bits per heavy atom. The van der Waals surface area contributed by atoms with Crippen molar-refractivity contribution in [1.82, 2.24) is 0 Å². The summed E-state index contributed by atoms with van der Waals surface area (Å²) in [6.45, 7) is 29.0. The number of unbranched alkanes of at least 4 members (excludes halogenated alkanes) is 2. The molecule has 50 heavy (non-hydrogen) atoms. The van der Waals surface area contributed by atoms with E-state index in [2.05, 4.69) is 66.0 Å². The molecule has 0 fully saturated rings. The van der Waals surface area contributed by atoms with Crippen molar-refractivity contribution in [3.8, 4) is 0 Å². The van der Waals surface area contributed by atoms with Gasteiger partial charge in [-0.25, -0.2) is 19.2 Å². The van der Waals surface area contributed by atoms with Crippen molar-refractivity contribution in [1.29, 1.82) is 0 Å². The lowest BCUT2D eigenvalue weighted by atomic mass is 10.1. The normalized spacial score (nSPS) is 14.6. The molecule has 0 aromatic rings. The number of rotatable bonds is 30. The van der Waals surface area contributed by atoms with Crippen LogP contribution >= 0.6 is 0 Å². The molecule has 0 heterocycles. The van der Waals surface area contributed by atoms with Crippen LogP contribution in [0, 0.1) is 0 Å². The minimum Gasteiger partial charge on any atom is -0.458 e. The third kappa shape index (κ3) is 22.9. The number of carbonyl (C=O) groups excluding carboxylic acids is 4. The molecule has 3 unspecified atom stereocenters. The highest BCUT2D eigenvalue weighted by Gasteiger charge is 2.42. The average molecular weight is 759 g/mol. The van der Waals surface area contributed by atoms with Gasteiger partial charge in [-0.1, -0.05) is 52.5 Å². The Kier molecular flexibility index (Phi) is 23.2. The Balaban J connectivity index is 5.16. The Morgan fingerprint density at radius 3 is 1.68 bits per heavy atom. The first kappa shape index (κ1) is 47.3. The second-order valence-electron chi connectivity index (χ2n) is 13.6. The molecular weight excluding hydrogens is 697 g/mol. The molecule has 15 heteroatoms. The van der Waals surface area contributed by atoms with Crippen LogP contribution in [0.15, 0.2) is 50.6 Å². The van der Waals surface area contributed by atoms with Crippen LogP contribution in [0.25, 0.3) is 0 Å². The van der Waals surface area contributed by atoms with Crippen LogP contribution in [0.1, 0.15) is 46.0 Å². The maximum Gasteiger partial charge on any atom is 0.330 e. The second-order valence-corrected chi connectivity index (χ2v) is 26.1. The fourth-order valence-corrected chi connectivity index (χ4v) is 19.4. The topological polar surface area (TPSA) is 142 Å². The SMILES string of the molecule is C=CC(=O)OCC(COCCC[Si](C)(C)O[Si](C)(CCCCC)O[Si](C)(C)CCCOCC(C)(COC(=O)C=C)OC(=O)C=C)OC(=O)C=C. The Hall–Kier alpha value is -2.67. The van der Waals surface area contributed by atoms with E-state index in [0.717, 1.165) is 74.5 Å². The zero-order valence-corrected chi connectivity index (χ0v) is 34.5. The lowest BCUT2D eigenvalue weighted by Gasteiger charge is -2.41. The Labute approximate surface area is 303 Å². The number of hydrogen-bond acceptors (Lipinski definition) is 12. The van der Waals surface area contributed by atoms with Crippen molar-refractivity contribution in [2.75, 3.05) is 39.6 Å². The highest BCUT2D eigenvalue weighted by molar-refractivity contribution is 6.88. The molecule has 0 aromatic carbocycles. The molecule has 286 valence electrons. The van der Waals surface area contributed by atoms with Crippen LogP contribution in [0.4, 0.5) is 0 Å². The smallest absolute Gasteiger partial charge is 0.330 e. The zero-order chi connectivity index (χ0) is 38.3. The summed E-state index contributed by atoms with van der Waals surface area (Å²) in [5, 5.41) is 0. The first-order valence-corrected chi connectivity index (χ1v) is 26.0. The molecule has 0 aromatic heterocycles. The number of hydrogen-bond donors (Lipinski definition) is 0. The van der Waals surface area contributed by atoms with Crippen LogP contribution in [-0.2, 0) is 55.8 Å². The van der Waals surface area contributed by atoms with Crippen LogP contribution in [0.3, 0.4) is 0 Å². The summed E-state index contributed by atoms with van der Waals surface area (Å²) < 4.78 is 46.5. The highest BCUT2D eigenvalue weighted by Crippen LogP contribution is 2.30. The monoisotopic (exact) mass is 758 g/mol. The summed E-state index contributed by atoms with van der Waals surface area (Å²) in [6, 6.07) is 2.61. The molecule has 0 saturated carbocycles. The Morgan fingerprint density at radius 2 is 1.16 bits per heavy atom. The minimum atomic E-state index is -2.54. The van der Waals surface area contributed by atoms with Gasteiger partial charge in [0.15, 0.2) is 28.3 Å². The average Bonchev–Trinajstić information content (AvgIpc) is 3.04. The van der Waals surface area contributed by atoms with Gasteiger partial charge in [0.1, 0.15) is 13.2 Å². The quantitative estimate of drug-likeness (QED) is 0.0258. The summed E-state index contributed by atoms with van der Waals surface area (Å²) in [5.74, 6) is -2.49. The van der Waals surface area contributed by atoms with Crippen LogP contribution < -0.4 is 0 Å². The van der Waals surface area contributed by atoms with Crippen molar-refractivity contribution < 1.29 is 55.8 Å². The highest BCUT2D eigenvalue weighted by atomic mass is 28.5. The van der Waals surface area contributed by atoms with E-state index >= 15 is 0 Å². The van der Waals surface area contributed by atoms with Crippen molar-refractivity contribution >= 4 is 49.1 Å². The summed E-state index contributed by atoms with van der Waals surface area (Å²) >= 11 is 0. The third-order valence-corrected chi connectivity index (χ3v) is 19.5. The van der Waals surface area contributed by atoms with E-state index in [1.807, 2.05) is 0 Å². The van der Waals surface area contributed by atoms with Gasteiger partial charge in [-0.3, -0.25) is 0 Å². The van der Waals surface area contributed by atoms with Crippen molar-refractivity contribution in [3.05, 3.63) is 50.6 Å². The second kappa shape index (κ2) is 24.5. The van der Waals surface area contributed by atoms with E-state index in [-0.39, 0.29) is 26.4 Å². The van der Waals surface area contributed by atoms with Crippen molar-refractivity contribution in [2.45, 2.75) is 109 Å². The van der Waals surface area contributed by atoms with Gasteiger partial charge < -0.3 is 36.7 Å². The van der Waals surface area contributed by atoms with Gasteiger partial charge >= 0.3 is 32.4 Å². The number of carbonyl (C=O) groups is 4. The van der Waals surface area contributed by atoms with E-state index in [1.54, 1.807) is 6.92 Å². The molecule has 0 bridgehead atoms. The first-order chi connectivity index (χ1) is 23.4. The van der Waals surface area contributed by atoms with Crippen LogP contribution in [0.2, 0.25) is 50.9 Å². The molecule has 0 radical (unpaired) electrons. The van der Waals surface area contributed by atoms with Crippen molar-refractivity contribution in [3.63, 3.8) is 0 Å². The Bertz CT molecular complexity index is 1110. The molecule has 12 nitrogen and oxygen atoms in total. The molecule has 0 aliphatic rings. The lowest BCUT2D eigenvalue weighted by molar-refractivity contribution is -0.171. The standard InChI is InChI=1S/C35H62O12Si3/c1-12-17-18-25-50(11,46-48(7,8)23-19-21-40-26-30(44-33(38)15-4)27-42-31(36)13-2)47-49(9,10)24-20-22-41-28-35(6,45-34(39)16-5)29-43-32(37)14-3/h13-16,30H,2-5,12,17-29H2,1,6-11H3. The lowest BCUT2D eigenvalue weighted by Crippen LogP contribution is -2.54. The predicted octanol–water partition coefficient (Wildman–Crippen LogP) is 6.55. The van der Waals surface area contributed by atoms with Gasteiger partial charge in [0.05, 0.1) is 13.2 Å². The van der Waals surface area contributed by atoms with Gasteiger partial charge in [-0.15, -0.1) is 0 Å². The van der Waals surface area contributed by atoms with Gasteiger partial charge in [-0.2, -0.15) is 0 Å². The summed E-state index contributed by atoms with van der Waals surface area (Å²) in [5.41, 5.74) is -1.17. The molecule has 0 aliphatic carbocycles. The summed E-state index contributed by atoms with van der Waals surface area (Å²) in [6.07, 6.45) is 8.17. The molecule has 0 N–H and O–H groups in total. The van der Waals surface area contributed by atoms with Gasteiger partial charge in [0.2, 0.25) is 0 Å². The van der Waals surface area contributed by atoms with Gasteiger partial charge in [-0.05, 0) is 70.6 Å². The maximum atomic E-state index is 11.9. The zero-order valence-electron chi connectivity index (χ0n) is 31.5. The van der Waals surface area contributed by atoms with E-state index in [4.69, 9.17) is 36.7 Å². The molecule has 0 amide bonds. The molecule has 0 saturated heterocycles. The van der Waals surface area contributed by atoms with E-state index < -0.39 is 60.8 Å². The van der Waals surface area contributed by atoms with E-state index in [1.165, 1.54) is 0 Å². The van der Waals surface area contributed by atoms with Gasteiger partial charge in [0, 0.05) is 37.5 Å². The summed E-state index contributed by atoms with van der Waals surface area (Å²) in [7, 11) is -6.87. The molecule has 0 spiro atoms. The molecule has 0 rings (SSSR count). The minimum absolute atomic E-state index is 0.0410. The number of esters is 4. The first-order valence-electron chi connectivity index (χ1n) is 17.2. The van der Waals surface area contributed by atoms with Crippen LogP contribution in [0.5, 0.6) is 0 Å². The van der Waals surface area contributed by atoms with Crippen molar-refractivity contribution in [2.24, 2.45) is 0 Å². The maximum absolute atomic E-state index is 11.9. The van der Waals surface area contributed by atoms with Gasteiger partial charge in [0.25, 0.3) is 0 Å².